The summed E-state index contributed by atoms with van der Waals surface area (Å²) in [4.78, 5) is 29.6. The fourth-order valence-corrected chi connectivity index (χ4v) is 3.49. The number of hydrogen-bond acceptors (Lipinski definition) is 8. The lowest BCUT2D eigenvalue weighted by Gasteiger charge is -2.28. The topological polar surface area (TPSA) is 129 Å². The second-order valence-electron chi connectivity index (χ2n) is 8.08. The van der Waals surface area contributed by atoms with Gasteiger partial charge in [0.25, 0.3) is 0 Å². The van der Waals surface area contributed by atoms with Crippen molar-refractivity contribution in [2.45, 2.75) is 58.3 Å². The van der Waals surface area contributed by atoms with Gasteiger partial charge in [-0.15, -0.1) is 5.10 Å². The lowest BCUT2D eigenvalue weighted by atomic mass is 10.1. The predicted molar refractivity (Wildman–Crippen MR) is 118 cm³/mol. The fraction of sp³-hybridized carbons (Fsp3) is 0.591. The number of ether oxygens (including phenoxy) is 3. The van der Waals surface area contributed by atoms with Crippen LogP contribution in [0.5, 0.6) is 5.75 Å². The number of carboxylic acid groups (broad SMARTS) is 1. The fourth-order valence-electron chi connectivity index (χ4n) is 3.49. The number of amides is 1. The summed E-state index contributed by atoms with van der Waals surface area (Å²) >= 11 is 0. The van der Waals surface area contributed by atoms with Crippen LogP contribution in [0.1, 0.15) is 44.0 Å². The van der Waals surface area contributed by atoms with Crippen molar-refractivity contribution in [3.8, 4) is 17.1 Å². The van der Waals surface area contributed by atoms with E-state index in [1.807, 2.05) is 6.92 Å². The highest BCUT2D eigenvalue weighted by Gasteiger charge is 2.29. The van der Waals surface area contributed by atoms with Gasteiger partial charge in [0.2, 0.25) is 0 Å². The van der Waals surface area contributed by atoms with Crippen LogP contribution in [0.2, 0.25) is 0 Å². The molecule has 3 rings (SSSR count). The first-order valence-electron chi connectivity index (χ1n) is 11.1. The summed E-state index contributed by atoms with van der Waals surface area (Å²) in [7, 11) is 3.44. The highest BCUT2D eigenvalue weighted by Crippen LogP contribution is 2.27. The van der Waals surface area contributed by atoms with E-state index in [0.717, 1.165) is 12.8 Å². The van der Waals surface area contributed by atoms with Crippen molar-refractivity contribution in [2.75, 3.05) is 20.2 Å². The van der Waals surface area contributed by atoms with Crippen LogP contribution in [0.25, 0.3) is 11.4 Å². The van der Waals surface area contributed by atoms with Gasteiger partial charge in [-0.3, -0.25) is 0 Å². The third kappa shape index (κ3) is 6.19. The number of nitrogens with zero attached hydrogens (tertiary/aromatic N) is 5. The summed E-state index contributed by atoms with van der Waals surface area (Å²) in [6.45, 7) is 4.86. The van der Waals surface area contributed by atoms with Crippen LogP contribution in [-0.4, -0.2) is 74.5 Å². The Labute approximate surface area is 192 Å². The molecule has 0 radical (unpaired) electrons. The highest BCUT2D eigenvalue weighted by atomic mass is 16.6. The molecule has 2 aromatic rings. The molecule has 180 valence electrons. The number of aliphatic carboxylic acids is 1. The third-order valence-electron chi connectivity index (χ3n) is 5.52. The number of hydrogen-bond donors (Lipinski definition) is 1. The molecule has 1 saturated heterocycles. The van der Waals surface area contributed by atoms with Crippen LogP contribution in [0.3, 0.4) is 0 Å². The van der Waals surface area contributed by atoms with Gasteiger partial charge in [-0.05, 0) is 25.5 Å². The number of rotatable bonds is 9. The summed E-state index contributed by atoms with van der Waals surface area (Å²) in [5, 5.41) is 17.4. The number of unbranched alkanes of at least 4 members (excludes halogenated alkanes) is 1. The smallest absolute Gasteiger partial charge is 0.409 e. The second kappa shape index (κ2) is 11.1. The Morgan fingerprint density at radius 1 is 1.36 bits per heavy atom. The maximum Gasteiger partial charge on any atom is 0.409 e. The van der Waals surface area contributed by atoms with Gasteiger partial charge in [0.1, 0.15) is 29.8 Å². The Balaban J connectivity index is 1.68. The number of carboxylic acids is 1. The largest absolute Gasteiger partial charge is 0.488 e. The predicted octanol–water partition coefficient (Wildman–Crippen LogP) is 2.57. The van der Waals surface area contributed by atoms with E-state index in [1.54, 1.807) is 35.8 Å². The molecule has 0 spiro atoms. The zero-order chi connectivity index (χ0) is 24.0. The van der Waals surface area contributed by atoms with Crippen LogP contribution in [0.4, 0.5) is 4.79 Å². The molecule has 0 aliphatic carbocycles. The first kappa shape index (κ1) is 24.4. The monoisotopic (exact) mass is 461 g/mol. The van der Waals surface area contributed by atoms with Gasteiger partial charge in [0.15, 0.2) is 6.10 Å². The highest BCUT2D eigenvalue weighted by molar-refractivity contribution is 5.72. The van der Waals surface area contributed by atoms with Gasteiger partial charge in [-0.1, -0.05) is 18.6 Å². The molecule has 1 amide bonds. The van der Waals surface area contributed by atoms with Crippen molar-refractivity contribution in [1.29, 1.82) is 0 Å². The molecule has 2 atom stereocenters. The van der Waals surface area contributed by atoms with E-state index in [9.17, 15) is 14.7 Å². The average Bonchev–Trinajstić information content (AvgIpc) is 3.17. The van der Waals surface area contributed by atoms with E-state index in [1.165, 1.54) is 0 Å². The molecule has 1 N–H and O–H groups in total. The molecular weight excluding hydrogens is 430 g/mol. The number of pyridine rings is 1. The van der Waals surface area contributed by atoms with Gasteiger partial charge < -0.3 is 24.2 Å². The Kier molecular flexibility index (Phi) is 8.21. The molecule has 0 saturated carbocycles. The average molecular weight is 462 g/mol. The van der Waals surface area contributed by atoms with Crippen LogP contribution < -0.4 is 4.74 Å². The van der Waals surface area contributed by atoms with Crippen molar-refractivity contribution >= 4 is 12.1 Å². The lowest BCUT2D eigenvalue weighted by molar-refractivity contribution is -0.156. The van der Waals surface area contributed by atoms with Crippen molar-refractivity contribution in [2.24, 2.45) is 7.05 Å². The Bertz CT molecular complexity index is 978. The molecule has 11 heteroatoms. The molecular formula is C22H31N5O6. The normalized spacial score (nSPS) is 18.1. The van der Waals surface area contributed by atoms with E-state index in [2.05, 4.69) is 22.2 Å². The second-order valence-corrected chi connectivity index (χ2v) is 8.08. The zero-order valence-electron chi connectivity index (χ0n) is 19.5. The molecule has 1 aliphatic rings. The van der Waals surface area contributed by atoms with Crippen molar-refractivity contribution in [3.05, 3.63) is 23.5 Å². The first-order chi connectivity index (χ1) is 15.8. The maximum absolute atomic E-state index is 12.2. The van der Waals surface area contributed by atoms with Crippen LogP contribution >= 0.6 is 0 Å². The molecule has 1 fully saturated rings. The SMILES string of the molecule is CCCCN(C)C(=O)OCc1c(-c2ccc(O[C@@H]3CCO[C@@H](C(=O)O)C3)c(C)n2)nnn1C. The minimum atomic E-state index is -0.985. The standard InChI is InChI=1S/C22H31N5O6/c1-5-6-10-26(3)22(30)32-13-17-20(24-25-27(17)4)16-7-8-18(14(2)23-16)33-15-9-11-31-19(12-15)21(28)29/h7-8,15,19H,5-6,9-13H2,1-4H3,(H,28,29)/t15-,19-/m1/s1. The minimum absolute atomic E-state index is 0.0196. The molecule has 0 unspecified atom stereocenters. The van der Waals surface area contributed by atoms with E-state index in [4.69, 9.17) is 14.2 Å². The van der Waals surface area contributed by atoms with Crippen molar-refractivity contribution in [1.82, 2.24) is 24.9 Å². The number of aromatic nitrogens is 4. The summed E-state index contributed by atoms with van der Waals surface area (Å²) in [5.41, 5.74) is 2.36. The van der Waals surface area contributed by atoms with E-state index >= 15 is 0 Å². The Morgan fingerprint density at radius 3 is 2.85 bits per heavy atom. The molecule has 0 bridgehead atoms. The quantitative estimate of drug-likeness (QED) is 0.599. The van der Waals surface area contributed by atoms with Gasteiger partial charge in [0, 0.05) is 33.5 Å². The summed E-state index contributed by atoms with van der Waals surface area (Å²) in [5.74, 6) is -0.412. The lowest BCUT2D eigenvalue weighted by Crippen LogP contribution is -2.37. The minimum Gasteiger partial charge on any atom is -0.488 e. The molecule has 0 aromatic carbocycles. The van der Waals surface area contributed by atoms with Gasteiger partial charge in [0.05, 0.1) is 18.0 Å². The summed E-state index contributed by atoms with van der Waals surface area (Å²) in [6.07, 6.45) is 1.27. The summed E-state index contributed by atoms with van der Waals surface area (Å²) < 4.78 is 18.3. The van der Waals surface area contributed by atoms with Gasteiger partial charge in [-0.2, -0.15) is 0 Å². The van der Waals surface area contributed by atoms with E-state index in [-0.39, 0.29) is 19.1 Å². The molecule has 3 heterocycles. The Hall–Kier alpha value is -3.21. The maximum atomic E-state index is 12.2. The van der Waals surface area contributed by atoms with Gasteiger partial charge in [-0.25, -0.2) is 19.3 Å². The van der Waals surface area contributed by atoms with E-state index in [0.29, 0.717) is 48.1 Å². The van der Waals surface area contributed by atoms with Crippen LogP contribution in [-0.2, 0) is 27.9 Å². The molecule has 2 aromatic heterocycles. The van der Waals surface area contributed by atoms with E-state index < -0.39 is 18.2 Å². The zero-order valence-corrected chi connectivity index (χ0v) is 19.5. The van der Waals surface area contributed by atoms with Crippen LogP contribution in [0, 0.1) is 6.92 Å². The molecule has 33 heavy (non-hydrogen) atoms. The van der Waals surface area contributed by atoms with Crippen molar-refractivity contribution < 1.29 is 28.9 Å². The van der Waals surface area contributed by atoms with Crippen LogP contribution in [0.15, 0.2) is 12.1 Å². The molecule has 1 aliphatic heterocycles. The van der Waals surface area contributed by atoms with Gasteiger partial charge >= 0.3 is 12.1 Å². The number of carbonyl (C=O) groups is 2. The Morgan fingerprint density at radius 2 is 2.15 bits per heavy atom. The number of aryl methyl sites for hydroxylation is 2. The summed E-state index contributed by atoms with van der Waals surface area (Å²) in [6, 6.07) is 3.55. The van der Waals surface area contributed by atoms with Crippen molar-refractivity contribution in [3.63, 3.8) is 0 Å². The third-order valence-corrected chi connectivity index (χ3v) is 5.52. The first-order valence-corrected chi connectivity index (χ1v) is 11.1. The molecule has 11 nitrogen and oxygen atoms in total. The number of carbonyl (C=O) groups excluding carboxylic acids is 1.